The molecule has 0 saturated heterocycles. The van der Waals surface area contributed by atoms with Crippen LogP contribution >= 0.6 is 0 Å². The number of pyridine rings is 1. The van der Waals surface area contributed by atoms with Gasteiger partial charge in [0, 0.05) is 17.3 Å². The van der Waals surface area contributed by atoms with Crippen LogP contribution in [0.15, 0.2) is 72.9 Å². The summed E-state index contributed by atoms with van der Waals surface area (Å²) in [5, 5.41) is 0. The van der Waals surface area contributed by atoms with Crippen LogP contribution in [0.3, 0.4) is 0 Å². The second-order valence-electron chi connectivity index (χ2n) is 9.82. The van der Waals surface area contributed by atoms with Gasteiger partial charge in [-0.3, -0.25) is 4.98 Å². The molecule has 2 atom stereocenters. The van der Waals surface area contributed by atoms with Gasteiger partial charge in [0.05, 0.1) is 5.69 Å². The summed E-state index contributed by atoms with van der Waals surface area (Å²) in [4.78, 5) is 4.71. The average Bonchev–Trinajstić information content (AvgIpc) is 2.73. The zero-order valence-corrected chi connectivity index (χ0v) is 17.6. The Hall–Kier alpha value is -2.41. The van der Waals surface area contributed by atoms with Crippen molar-refractivity contribution in [3.63, 3.8) is 0 Å². The summed E-state index contributed by atoms with van der Waals surface area (Å²) < 4.78 is 0. The summed E-state index contributed by atoms with van der Waals surface area (Å²) in [6.07, 6.45) is 9.00. The van der Waals surface area contributed by atoms with Gasteiger partial charge in [-0.15, -0.1) is 0 Å². The largest absolute Gasteiger partial charge is 0.256 e. The Bertz CT molecular complexity index is 936. The predicted molar refractivity (Wildman–Crippen MR) is 122 cm³/mol. The first-order valence-electron chi connectivity index (χ1n) is 11.2. The van der Waals surface area contributed by atoms with E-state index in [0.717, 1.165) is 23.4 Å². The molecule has 2 aromatic carbocycles. The SMILES string of the molecule is CC1CC2CC(C)CC(c3ccc(-c4ccc(-c5ccccc5)nc4)cc3)(C1)C2. The van der Waals surface area contributed by atoms with E-state index in [1.54, 1.807) is 5.56 Å². The number of hydrogen-bond acceptors (Lipinski definition) is 1. The van der Waals surface area contributed by atoms with Crippen molar-refractivity contribution in [2.45, 2.75) is 51.4 Å². The molecule has 5 rings (SSSR count). The van der Waals surface area contributed by atoms with E-state index in [2.05, 4.69) is 74.5 Å². The summed E-state index contributed by atoms with van der Waals surface area (Å²) in [5.74, 6) is 2.64. The number of aromatic nitrogens is 1. The van der Waals surface area contributed by atoms with Crippen LogP contribution in [0.4, 0.5) is 0 Å². The van der Waals surface area contributed by atoms with Crippen molar-refractivity contribution < 1.29 is 0 Å². The number of benzene rings is 2. The summed E-state index contributed by atoms with van der Waals surface area (Å²) in [5.41, 5.74) is 6.64. The Morgan fingerprint density at radius 1 is 0.690 bits per heavy atom. The lowest BCUT2D eigenvalue weighted by Gasteiger charge is -2.50. The second kappa shape index (κ2) is 7.44. The molecule has 2 bridgehead atoms. The maximum Gasteiger partial charge on any atom is 0.0702 e. The predicted octanol–water partition coefficient (Wildman–Crippen LogP) is 7.52. The molecular weight excluding hydrogens is 350 g/mol. The van der Waals surface area contributed by atoms with Crippen molar-refractivity contribution >= 4 is 0 Å². The first-order chi connectivity index (χ1) is 14.1. The van der Waals surface area contributed by atoms with Crippen molar-refractivity contribution in [1.82, 2.24) is 4.98 Å². The van der Waals surface area contributed by atoms with E-state index in [0.29, 0.717) is 5.41 Å². The Morgan fingerprint density at radius 3 is 1.97 bits per heavy atom. The third-order valence-corrected chi connectivity index (χ3v) is 7.29. The molecule has 0 radical (unpaired) electrons. The molecule has 2 aliphatic carbocycles. The first-order valence-corrected chi connectivity index (χ1v) is 11.2. The quantitative estimate of drug-likeness (QED) is 0.457. The van der Waals surface area contributed by atoms with E-state index in [1.807, 2.05) is 12.3 Å². The standard InChI is InChI=1S/C28H31N/c1-20-14-22-15-21(2)17-28(16-20,18-22)26-11-8-23(9-12-26)25-10-13-27(29-19-25)24-6-4-3-5-7-24/h3-13,19-22H,14-18H2,1-2H3. The van der Waals surface area contributed by atoms with E-state index in [9.17, 15) is 0 Å². The highest BCUT2D eigenvalue weighted by Crippen LogP contribution is 2.54. The zero-order chi connectivity index (χ0) is 19.8. The Morgan fingerprint density at radius 2 is 1.34 bits per heavy atom. The summed E-state index contributed by atoms with van der Waals surface area (Å²) in [7, 11) is 0. The van der Waals surface area contributed by atoms with Gasteiger partial charge in [-0.05, 0) is 72.5 Å². The molecule has 1 aromatic heterocycles. The van der Waals surface area contributed by atoms with Crippen LogP contribution in [-0.4, -0.2) is 4.98 Å². The lowest BCUT2D eigenvalue weighted by molar-refractivity contribution is 0.0780. The second-order valence-corrected chi connectivity index (χ2v) is 9.82. The summed E-state index contributed by atoms with van der Waals surface area (Å²) in [6, 6.07) is 24.2. The summed E-state index contributed by atoms with van der Waals surface area (Å²) in [6.45, 7) is 4.93. The third kappa shape index (κ3) is 3.64. The van der Waals surface area contributed by atoms with E-state index in [-0.39, 0.29) is 0 Å². The molecule has 148 valence electrons. The van der Waals surface area contributed by atoms with E-state index >= 15 is 0 Å². The molecule has 1 nitrogen and oxygen atoms in total. The van der Waals surface area contributed by atoms with Crippen LogP contribution < -0.4 is 0 Å². The Balaban J connectivity index is 1.40. The molecule has 1 heteroatoms. The number of nitrogens with zero attached hydrogens (tertiary/aromatic N) is 1. The first kappa shape index (κ1) is 18.6. The van der Waals surface area contributed by atoms with Crippen molar-refractivity contribution in [3.05, 3.63) is 78.5 Å². The monoisotopic (exact) mass is 381 g/mol. The van der Waals surface area contributed by atoms with Gasteiger partial charge in [0.25, 0.3) is 0 Å². The summed E-state index contributed by atoms with van der Waals surface area (Å²) >= 11 is 0. The lowest BCUT2D eigenvalue weighted by atomic mass is 9.54. The average molecular weight is 382 g/mol. The van der Waals surface area contributed by atoms with E-state index in [4.69, 9.17) is 4.98 Å². The van der Waals surface area contributed by atoms with Crippen molar-refractivity contribution in [1.29, 1.82) is 0 Å². The van der Waals surface area contributed by atoms with Gasteiger partial charge in [0.1, 0.15) is 0 Å². The normalized spacial score (nSPS) is 28.8. The fourth-order valence-electron chi connectivity index (χ4n) is 6.42. The Labute approximate surface area is 175 Å². The highest BCUT2D eigenvalue weighted by atomic mass is 14.7. The number of rotatable bonds is 3. The van der Waals surface area contributed by atoms with Crippen LogP contribution in [0.1, 0.15) is 51.5 Å². The fraction of sp³-hybridized carbons (Fsp3) is 0.393. The maximum atomic E-state index is 4.71. The number of hydrogen-bond donors (Lipinski definition) is 0. The molecule has 2 saturated carbocycles. The van der Waals surface area contributed by atoms with Crippen LogP contribution in [0.25, 0.3) is 22.4 Å². The van der Waals surface area contributed by atoms with Crippen LogP contribution in [0, 0.1) is 17.8 Å². The zero-order valence-electron chi connectivity index (χ0n) is 17.6. The molecule has 2 fully saturated rings. The topological polar surface area (TPSA) is 12.9 Å². The third-order valence-electron chi connectivity index (χ3n) is 7.29. The molecule has 0 spiro atoms. The van der Waals surface area contributed by atoms with Gasteiger partial charge in [0.15, 0.2) is 0 Å². The molecule has 29 heavy (non-hydrogen) atoms. The van der Waals surface area contributed by atoms with Crippen molar-refractivity contribution in [3.8, 4) is 22.4 Å². The highest BCUT2D eigenvalue weighted by Gasteiger charge is 2.45. The molecular formula is C28H31N. The minimum atomic E-state index is 0.411. The Kier molecular flexibility index (Phi) is 4.78. The minimum absolute atomic E-state index is 0.411. The van der Waals surface area contributed by atoms with Crippen molar-refractivity contribution in [2.24, 2.45) is 17.8 Å². The smallest absolute Gasteiger partial charge is 0.0702 e. The molecule has 2 aliphatic rings. The van der Waals surface area contributed by atoms with E-state index in [1.165, 1.54) is 48.8 Å². The molecule has 1 heterocycles. The molecule has 0 amide bonds. The molecule has 3 aromatic rings. The van der Waals surface area contributed by atoms with Crippen molar-refractivity contribution in [2.75, 3.05) is 0 Å². The lowest BCUT2D eigenvalue weighted by Crippen LogP contribution is -2.42. The maximum absolute atomic E-state index is 4.71. The van der Waals surface area contributed by atoms with Gasteiger partial charge < -0.3 is 0 Å². The van der Waals surface area contributed by atoms with Crippen LogP contribution in [-0.2, 0) is 5.41 Å². The van der Waals surface area contributed by atoms with Crippen LogP contribution in [0.2, 0.25) is 0 Å². The van der Waals surface area contributed by atoms with E-state index < -0.39 is 0 Å². The molecule has 0 aliphatic heterocycles. The number of fused-ring (bicyclic) bond motifs is 2. The van der Waals surface area contributed by atoms with Gasteiger partial charge in [0.2, 0.25) is 0 Å². The molecule has 2 unspecified atom stereocenters. The van der Waals surface area contributed by atoms with Gasteiger partial charge in [-0.1, -0.05) is 74.5 Å². The van der Waals surface area contributed by atoms with Gasteiger partial charge >= 0.3 is 0 Å². The van der Waals surface area contributed by atoms with Gasteiger partial charge in [-0.2, -0.15) is 0 Å². The fourth-order valence-corrected chi connectivity index (χ4v) is 6.42. The molecule has 0 N–H and O–H groups in total. The highest BCUT2D eigenvalue weighted by molar-refractivity contribution is 5.67. The minimum Gasteiger partial charge on any atom is -0.256 e. The van der Waals surface area contributed by atoms with Gasteiger partial charge in [-0.25, -0.2) is 0 Å². The van der Waals surface area contributed by atoms with Crippen LogP contribution in [0.5, 0.6) is 0 Å².